The van der Waals surface area contributed by atoms with Crippen LogP contribution in [0.2, 0.25) is 0 Å². The number of thiocarbonyl (C=S) groups is 1. The van der Waals surface area contributed by atoms with Gasteiger partial charge in [-0.3, -0.25) is 4.98 Å². The Morgan fingerprint density at radius 3 is 2.36 bits per heavy atom. The molecule has 1 fully saturated rings. The van der Waals surface area contributed by atoms with Crippen LogP contribution in [0.3, 0.4) is 0 Å². The van der Waals surface area contributed by atoms with E-state index in [4.69, 9.17) is 12.2 Å². The molecule has 2 aromatic heterocycles. The van der Waals surface area contributed by atoms with Crippen molar-refractivity contribution >= 4 is 23.0 Å². The van der Waals surface area contributed by atoms with Crippen LogP contribution in [-0.4, -0.2) is 14.7 Å². The van der Waals surface area contributed by atoms with E-state index in [0.29, 0.717) is 5.11 Å². The Kier molecular flexibility index (Phi) is 5.42. The molecule has 1 aliphatic heterocycles. The van der Waals surface area contributed by atoms with Gasteiger partial charge in [-0.1, -0.05) is 12.1 Å². The highest BCUT2D eigenvalue weighted by Gasteiger charge is 2.42. The van der Waals surface area contributed by atoms with Gasteiger partial charge in [0.05, 0.1) is 17.8 Å². The first-order valence-electron chi connectivity index (χ1n) is 10.6. The van der Waals surface area contributed by atoms with Gasteiger partial charge in [0.15, 0.2) is 5.11 Å². The van der Waals surface area contributed by atoms with Crippen molar-refractivity contribution in [2.75, 3.05) is 4.90 Å². The summed E-state index contributed by atoms with van der Waals surface area (Å²) in [6.45, 7) is 4.02. The molecule has 4 aromatic rings. The molecular weight excluding hydrogens is 438 g/mol. The summed E-state index contributed by atoms with van der Waals surface area (Å²) < 4.78 is 29.7. The third kappa shape index (κ3) is 3.78. The molecule has 0 spiro atoms. The zero-order valence-corrected chi connectivity index (χ0v) is 19.0. The van der Waals surface area contributed by atoms with E-state index in [1.807, 2.05) is 47.6 Å². The summed E-state index contributed by atoms with van der Waals surface area (Å²) in [7, 11) is 0. The van der Waals surface area contributed by atoms with Gasteiger partial charge in [0.2, 0.25) is 0 Å². The molecule has 1 N–H and O–H groups in total. The molecule has 2 atom stereocenters. The van der Waals surface area contributed by atoms with Crippen molar-refractivity contribution in [3.8, 4) is 5.69 Å². The number of pyridine rings is 1. The van der Waals surface area contributed by atoms with Crippen LogP contribution in [-0.2, 0) is 0 Å². The number of aromatic nitrogens is 2. The topological polar surface area (TPSA) is 33.1 Å². The number of halogens is 2. The second-order valence-corrected chi connectivity index (χ2v) is 8.50. The molecule has 166 valence electrons. The number of benzene rings is 2. The lowest BCUT2D eigenvalue weighted by Gasteiger charge is -2.28. The summed E-state index contributed by atoms with van der Waals surface area (Å²) in [6, 6.07) is 20.3. The molecule has 33 heavy (non-hydrogen) atoms. The maximum atomic E-state index is 14.0. The fraction of sp³-hybridized carbons (Fsp3) is 0.154. The Hall–Kier alpha value is -3.58. The van der Waals surface area contributed by atoms with Gasteiger partial charge in [0.1, 0.15) is 11.6 Å². The fourth-order valence-corrected chi connectivity index (χ4v) is 5.00. The van der Waals surface area contributed by atoms with Crippen molar-refractivity contribution in [1.82, 2.24) is 14.9 Å². The zero-order chi connectivity index (χ0) is 23.1. The van der Waals surface area contributed by atoms with Crippen LogP contribution in [0, 0.1) is 25.5 Å². The van der Waals surface area contributed by atoms with Crippen LogP contribution < -0.4 is 10.2 Å². The summed E-state index contributed by atoms with van der Waals surface area (Å²) >= 11 is 5.74. The largest absolute Gasteiger partial charge is 0.351 e. The summed E-state index contributed by atoms with van der Waals surface area (Å²) in [5.41, 5.74) is 5.38. The van der Waals surface area contributed by atoms with Crippen molar-refractivity contribution in [2.45, 2.75) is 25.9 Å². The highest BCUT2D eigenvalue weighted by Crippen LogP contribution is 2.43. The maximum absolute atomic E-state index is 14.0. The van der Waals surface area contributed by atoms with Crippen molar-refractivity contribution in [1.29, 1.82) is 0 Å². The molecule has 4 nitrogen and oxygen atoms in total. The average molecular weight is 461 g/mol. The smallest absolute Gasteiger partial charge is 0.174 e. The van der Waals surface area contributed by atoms with Gasteiger partial charge in [0, 0.05) is 29.0 Å². The number of anilines is 1. The van der Waals surface area contributed by atoms with E-state index < -0.39 is 0 Å². The lowest BCUT2D eigenvalue weighted by Crippen LogP contribution is -2.29. The number of hydrogen-bond donors (Lipinski definition) is 1. The second-order valence-electron chi connectivity index (χ2n) is 8.11. The van der Waals surface area contributed by atoms with E-state index in [2.05, 4.69) is 16.4 Å². The Bertz CT molecular complexity index is 1320. The van der Waals surface area contributed by atoms with Crippen molar-refractivity contribution < 1.29 is 8.78 Å². The minimum absolute atomic E-state index is 0.217. The fourth-order valence-electron chi connectivity index (χ4n) is 4.65. The Balaban J connectivity index is 1.68. The van der Waals surface area contributed by atoms with Crippen LogP contribution in [0.4, 0.5) is 14.5 Å². The summed E-state index contributed by atoms with van der Waals surface area (Å²) in [6.07, 6.45) is 1.76. The average Bonchev–Trinajstić information content (AvgIpc) is 3.30. The van der Waals surface area contributed by atoms with Crippen molar-refractivity contribution in [3.05, 3.63) is 113 Å². The molecule has 1 aliphatic rings. The number of aryl methyl sites for hydroxylation is 1. The molecular formula is C26H22F2N4S. The molecule has 0 saturated carbocycles. The van der Waals surface area contributed by atoms with E-state index in [1.165, 1.54) is 24.3 Å². The highest BCUT2D eigenvalue weighted by molar-refractivity contribution is 7.80. The zero-order valence-electron chi connectivity index (χ0n) is 18.2. The molecule has 0 unspecified atom stereocenters. The summed E-state index contributed by atoms with van der Waals surface area (Å²) in [5.74, 6) is -0.594. The predicted octanol–water partition coefficient (Wildman–Crippen LogP) is 5.94. The number of hydrogen-bond acceptors (Lipinski definition) is 2. The molecule has 2 aromatic carbocycles. The number of nitrogens with one attached hydrogen (secondary N) is 1. The minimum Gasteiger partial charge on any atom is -0.351 e. The lowest BCUT2D eigenvalue weighted by molar-refractivity contribution is 0.565. The molecule has 3 heterocycles. The molecule has 7 heteroatoms. The van der Waals surface area contributed by atoms with E-state index in [1.54, 1.807) is 24.4 Å². The standard InChI is InChI=1S/C26H22F2N4S/c1-16-14-22(17(2)31(16)21-7-5-6-19(28)15-21)25-24(23-8-3-4-13-29-23)30-26(33)32(25)20-11-9-18(27)10-12-20/h3-15,24-25H,1-2H3,(H,30,33)/t24-,25-/m0/s1. The highest BCUT2D eigenvalue weighted by atomic mass is 32.1. The summed E-state index contributed by atoms with van der Waals surface area (Å²) in [4.78, 5) is 6.58. The van der Waals surface area contributed by atoms with Gasteiger partial charge in [0.25, 0.3) is 0 Å². The van der Waals surface area contributed by atoms with Gasteiger partial charge in [-0.25, -0.2) is 8.78 Å². The lowest BCUT2D eigenvalue weighted by atomic mass is 9.96. The van der Waals surface area contributed by atoms with Gasteiger partial charge < -0.3 is 14.8 Å². The third-order valence-corrected chi connectivity index (χ3v) is 6.37. The van der Waals surface area contributed by atoms with Crippen LogP contribution in [0.1, 0.15) is 34.7 Å². The van der Waals surface area contributed by atoms with Crippen LogP contribution in [0.15, 0.2) is 79.0 Å². The second kappa shape index (κ2) is 8.41. The van der Waals surface area contributed by atoms with E-state index in [0.717, 1.165) is 34.0 Å². The Labute approximate surface area is 196 Å². The predicted molar refractivity (Wildman–Crippen MR) is 130 cm³/mol. The number of rotatable bonds is 4. The first-order valence-corrected chi connectivity index (χ1v) is 11.1. The van der Waals surface area contributed by atoms with E-state index in [-0.39, 0.29) is 23.7 Å². The normalized spacial score (nSPS) is 17.9. The first-order chi connectivity index (χ1) is 15.9. The van der Waals surface area contributed by atoms with Crippen molar-refractivity contribution in [2.24, 2.45) is 0 Å². The summed E-state index contributed by atoms with van der Waals surface area (Å²) in [5, 5.41) is 3.96. The van der Waals surface area contributed by atoms with Gasteiger partial charge in [-0.05, 0) is 92.3 Å². The molecule has 5 rings (SSSR count). The monoisotopic (exact) mass is 460 g/mol. The number of nitrogens with zero attached hydrogens (tertiary/aromatic N) is 3. The molecule has 0 aliphatic carbocycles. The molecule has 1 saturated heterocycles. The molecule has 0 radical (unpaired) electrons. The quantitative estimate of drug-likeness (QED) is 0.382. The van der Waals surface area contributed by atoms with Crippen LogP contribution >= 0.6 is 12.2 Å². The molecule has 0 amide bonds. The minimum atomic E-state index is -0.307. The first kappa shape index (κ1) is 21.3. The third-order valence-electron chi connectivity index (χ3n) is 6.06. The van der Waals surface area contributed by atoms with Gasteiger partial charge >= 0.3 is 0 Å². The van der Waals surface area contributed by atoms with Crippen molar-refractivity contribution in [3.63, 3.8) is 0 Å². The Morgan fingerprint density at radius 2 is 1.67 bits per heavy atom. The van der Waals surface area contributed by atoms with E-state index >= 15 is 0 Å². The van der Waals surface area contributed by atoms with Gasteiger partial charge in [-0.2, -0.15) is 0 Å². The SMILES string of the molecule is Cc1cc([C@H]2[C@H](c3ccccn3)NC(=S)N2c2ccc(F)cc2)c(C)n1-c1cccc(F)c1. The van der Waals surface area contributed by atoms with Gasteiger partial charge in [-0.15, -0.1) is 0 Å². The molecule has 0 bridgehead atoms. The Morgan fingerprint density at radius 1 is 0.879 bits per heavy atom. The van der Waals surface area contributed by atoms with Crippen LogP contribution in [0.25, 0.3) is 5.69 Å². The van der Waals surface area contributed by atoms with Crippen LogP contribution in [0.5, 0.6) is 0 Å². The maximum Gasteiger partial charge on any atom is 0.174 e. The van der Waals surface area contributed by atoms with E-state index in [9.17, 15) is 8.78 Å².